The van der Waals surface area contributed by atoms with Gasteiger partial charge in [-0.05, 0) is 62.9 Å². The summed E-state index contributed by atoms with van der Waals surface area (Å²) in [7, 11) is -4.07. The molecule has 0 saturated carbocycles. The quantitative estimate of drug-likeness (QED) is 0.336. The van der Waals surface area contributed by atoms with Gasteiger partial charge in [0.1, 0.15) is 12.6 Å². The molecule has 0 heterocycles. The Kier molecular flexibility index (Phi) is 10.3. The maximum atomic E-state index is 14.1. The molecular weight excluding hydrogens is 510 g/mol. The van der Waals surface area contributed by atoms with E-state index < -0.39 is 28.5 Å². The van der Waals surface area contributed by atoms with Crippen LogP contribution >= 0.6 is 0 Å². The van der Waals surface area contributed by atoms with E-state index in [1.165, 1.54) is 17.0 Å². The standard InChI is InChI=1S/C31H39N3O4S/c1-6-25(5)32-31(36)28(7-2)33(21-26-19-17-23(3)18-20-26)30(35)22-34(29-16-12-11-13-24(29)4)39(37,38)27-14-9-8-10-15-27/h8-20,25,28H,6-7,21-22H2,1-5H3,(H,32,36)/t25-,28+/m1/s1. The highest BCUT2D eigenvalue weighted by molar-refractivity contribution is 7.92. The number of carbonyl (C=O) groups is 2. The van der Waals surface area contributed by atoms with Gasteiger partial charge in [0.25, 0.3) is 10.0 Å². The SMILES string of the molecule is CC[C@@H](C)NC(=O)[C@H](CC)N(Cc1ccc(C)cc1)C(=O)CN(c1ccccc1C)S(=O)(=O)c1ccccc1. The van der Waals surface area contributed by atoms with Gasteiger partial charge in [-0.25, -0.2) is 8.42 Å². The number of rotatable bonds is 12. The second kappa shape index (κ2) is 13.4. The molecule has 0 saturated heterocycles. The predicted octanol–water partition coefficient (Wildman–Crippen LogP) is 5.22. The molecule has 3 aromatic carbocycles. The number of hydrogen-bond acceptors (Lipinski definition) is 4. The molecule has 0 fully saturated rings. The number of nitrogens with one attached hydrogen (secondary N) is 1. The number of aryl methyl sites for hydroxylation is 2. The zero-order valence-electron chi connectivity index (χ0n) is 23.4. The summed E-state index contributed by atoms with van der Waals surface area (Å²) in [6, 6.07) is 22.1. The zero-order chi connectivity index (χ0) is 28.6. The van der Waals surface area contributed by atoms with Crippen LogP contribution in [-0.2, 0) is 26.2 Å². The van der Waals surface area contributed by atoms with Crippen molar-refractivity contribution in [2.45, 2.75) is 71.0 Å². The van der Waals surface area contributed by atoms with Gasteiger partial charge in [-0.3, -0.25) is 13.9 Å². The monoisotopic (exact) mass is 549 g/mol. The van der Waals surface area contributed by atoms with Crippen LogP contribution < -0.4 is 9.62 Å². The molecule has 0 aliphatic carbocycles. The Morgan fingerprint density at radius 3 is 2.05 bits per heavy atom. The summed E-state index contributed by atoms with van der Waals surface area (Å²) in [5.41, 5.74) is 3.08. The number of anilines is 1. The molecule has 7 nitrogen and oxygen atoms in total. The summed E-state index contributed by atoms with van der Waals surface area (Å²) in [6.07, 6.45) is 1.14. The van der Waals surface area contributed by atoms with E-state index in [0.717, 1.165) is 27.4 Å². The number of para-hydroxylation sites is 1. The Balaban J connectivity index is 2.05. The van der Waals surface area contributed by atoms with E-state index in [4.69, 9.17) is 0 Å². The Morgan fingerprint density at radius 2 is 1.46 bits per heavy atom. The van der Waals surface area contributed by atoms with E-state index in [2.05, 4.69) is 5.32 Å². The largest absolute Gasteiger partial charge is 0.352 e. The summed E-state index contributed by atoms with van der Waals surface area (Å²) in [4.78, 5) is 29.0. The van der Waals surface area contributed by atoms with Crippen LogP contribution in [0.4, 0.5) is 5.69 Å². The first-order valence-corrected chi connectivity index (χ1v) is 14.8. The fourth-order valence-electron chi connectivity index (χ4n) is 4.33. The van der Waals surface area contributed by atoms with Gasteiger partial charge >= 0.3 is 0 Å². The highest BCUT2D eigenvalue weighted by Crippen LogP contribution is 2.27. The van der Waals surface area contributed by atoms with Gasteiger partial charge in [0.05, 0.1) is 10.6 Å². The number of nitrogens with zero attached hydrogens (tertiary/aromatic N) is 2. The van der Waals surface area contributed by atoms with Gasteiger partial charge < -0.3 is 10.2 Å². The van der Waals surface area contributed by atoms with Crippen molar-refractivity contribution in [2.75, 3.05) is 10.8 Å². The van der Waals surface area contributed by atoms with Crippen LogP contribution in [0.2, 0.25) is 0 Å². The van der Waals surface area contributed by atoms with Crippen LogP contribution in [0.3, 0.4) is 0 Å². The predicted molar refractivity (Wildman–Crippen MR) is 156 cm³/mol. The second-order valence-electron chi connectivity index (χ2n) is 9.86. The number of benzene rings is 3. The van der Waals surface area contributed by atoms with Gasteiger partial charge in [0, 0.05) is 12.6 Å². The molecule has 39 heavy (non-hydrogen) atoms. The summed E-state index contributed by atoms with van der Waals surface area (Å²) >= 11 is 0. The summed E-state index contributed by atoms with van der Waals surface area (Å²) in [5, 5.41) is 3.00. The van der Waals surface area contributed by atoms with E-state index in [1.54, 1.807) is 30.3 Å². The first-order valence-electron chi connectivity index (χ1n) is 13.4. The molecule has 2 amide bonds. The molecule has 0 bridgehead atoms. The van der Waals surface area contributed by atoms with Crippen LogP contribution in [0.5, 0.6) is 0 Å². The number of amides is 2. The first kappa shape index (κ1) is 29.9. The molecule has 208 valence electrons. The minimum atomic E-state index is -4.07. The van der Waals surface area contributed by atoms with Crippen LogP contribution in [0, 0.1) is 13.8 Å². The van der Waals surface area contributed by atoms with Gasteiger partial charge in [-0.15, -0.1) is 0 Å². The fraction of sp³-hybridized carbons (Fsp3) is 0.355. The Morgan fingerprint density at radius 1 is 0.846 bits per heavy atom. The zero-order valence-corrected chi connectivity index (χ0v) is 24.2. The molecule has 3 rings (SSSR count). The van der Waals surface area contributed by atoms with E-state index in [-0.39, 0.29) is 23.4 Å². The molecule has 1 N–H and O–H groups in total. The topological polar surface area (TPSA) is 86.8 Å². The lowest BCUT2D eigenvalue weighted by molar-refractivity contribution is -0.140. The third kappa shape index (κ3) is 7.47. The number of carbonyl (C=O) groups excluding carboxylic acids is 2. The van der Waals surface area contributed by atoms with Gasteiger partial charge in [-0.2, -0.15) is 0 Å². The van der Waals surface area contributed by atoms with E-state index >= 15 is 0 Å². The van der Waals surface area contributed by atoms with Crippen molar-refractivity contribution in [3.63, 3.8) is 0 Å². The lowest BCUT2D eigenvalue weighted by atomic mass is 10.1. The molecule has 0 spiro atoms. The third-order valence-corrected chi connectivity index (χ3v) is 8.63. The van der Waals surface area contributed by atoms with Crippen LogP contribution in [0.25, 0.3) is 0 Å². The maximum absolute atomic E-state index is 14.1. The Bertz CT molecular complexity index is 1360. The van der Waals surface area contributed by atoms with Gasteiger partial charge in [-0.1, -0.05) is 80.1 Å². The molecular formula is C31H39N3O4S. The lowest BCUT2D eigenvalue weighted by Gasteiger charge is -2.34. The number of hydrogen-bond donors (Lipinski definition) is 1. The normalized spacial score (nSPS) is 12.8. The first-order chi connectivity index (χ1) is 18.6. The van der Waals surface area contributed by atoms with E-state index in [1.807, 2.05) is 71.0 Å². The molecule has 0 radical (unpaired) electrons. The Hall–Kier alpha value is -3.65. The lowest BCUT2D eigenvalue weighted by Crippen LogP contribution is -2.53. The van der Waals surface area contributed by atoms with Crippen LogP contribution in [0.1, 0.15) is 50.3 Å². The maximum Gasteiger partial charge on any atom is 0.264 e. The summed E-state index contributed by atoms with van der Waals surface area (Å²) in [6.45, 7) is 9.29. The van der Waals surface area contributed by atoms with Crippen molar-refractivity contribution in [1.29, 1.82) is 0 Å². The molecule has 0 aliphatic rings. The van der Waals surface area contributed by atoms with Gasteiger partial charge in [0.15, 0.2) is 0 Å². The third-order valence-electron chi connectivity index (χ3n) is 6.85. The van der Waals surface area contributed by atoms with Crippen molar-refractivity contribution < 1.29 is 18.0 Å². The summed E-state index contributed by atoms with van der Waals surface area (Å²) in [5.74, 6) is -0.704. The number of sulfonamides is 1. The van der Waals surface area contributed by atoms with Crippen molar-refractivity contribution >= 4 is 27.5 Å². The molecule has 3 aromatic rings. The minimum absolute atomic E-state index is 0.0511. The van der Waals surface area contributed by atoms with E-state index in [0.29, 0.717) is 12.1 Å². The summed E-state index contributed by atoms with van der Waals surface area (Å²) < 4.78 is 28.9. The van der Waals surface area contributed by atoms with Crippen molar-refractivity contribution in [1.82, 2.24) is 10.2 Å². The molecule has 0 aromatic heterocycles. The smallest absolute Gasteiger partial charge is 0.264 e. The second-order valence-corrected chi connectivity index (χ2v) is 11.7. The average molecular weight is 550 g/mol. The molecule has 8 heteroatoms. The highest BCUT2D eigenvalue weighted by atomic mass is 32.2. The molecule has 2 atom stereocenters. The fourth-order valence-corrected chi connectivity index (χ4v) is 5.83. The minimum Gasteiger partial charge on any atom is -0.352 e. The van der Waals surface area contributed by atoms with Crippen molar-refractivity contribution in [2.24, 2.45) is 0 Å². The highest BCUT2D eigenvalue weighted by Gasteiger charge is 2.34. The van der Waals surface area contributed by atoms with E-state index in [9.17, 15) is 18.0 Å². The van der Waals surface area contributed by atoms with Gasteiger partial charge in [0.2, 0.25) is 11.8 Å². The van der Waals surface area contributed by atoms with Crippen molar-refractivity contribution in [3.8, 4) is 0 Å². The van der Waals surface area contributed by atoms with Crippen LogP contribution in [0.15, 0.2) is 83.8 Å². The molecule has 0 unspecified atom stereocenters. The Labute approximate surface area is 232 Å². The molecule has 0 aliphatic heterocycles. The van der Waals surface area contributed by atoms with Crippen LogP contribution in [-0.4, -0.2) is 43.8 Å². The van der Waals surface area contributed by atoms with Crippen molar-refractivity contribution in [3.05, 3.63) is 95.6 Å². The average Bonchev–Trinajstić information content (AvgIpc) is 2.93.